The summed E-state index contributed by atoms with van der Waals surface area (Å²) >= 11 is 6.28. The van der Waals surface area contributed by atoms with Crippen LogP contribution < -0.4 is 4.90 Å². The Morgan fingerprint density at radius 3 is 2.33 bits per heavy atom. The van der Waals surface area contributed by atoms with Gasteiger partial charge in [0.25, 0.3) is 5.69 Å². The number of nitro groups is 1. The third kappa shape index (κ3) is 3.19. The predicted octanol–water partition coefficient (Wildman–Crippen LogP) is 3.43. The molecule has 0 saturated carbocycles. The second-order valence-corrected chi connectivity index (χ2v) is 7.39. The summed E-state index contributed by atoms with van der Waals surface area (Å²) in [7, 11) is 2.16. The van der Waals surface area contributed by atoms with Gasteiger partial charge in [-0.15, -0.1) is 0 Å². The smallest absolute Gasteiger partial charge is 0.272 e. The molecule has 2 aliphatic rings. The van der Waals surface area contributed by atoms with E-state index in [4.69, 9.17) is 11.6 Å². The van der Waals surface area contributed by atoms with Crippen LogP contribution in [-0.2, 0) is 0 Å². The third-order valence-electron chi connectivity index (χ3n) is 5.57. The Morgan fingerprint density at radius 1 is 1.21 bits per heavy atom. The molecule has 2 fully saturated rings. The van der Waals surface area contributed by atoms with Crippen molar-refractivity contribution in [2.75, 3.05) is 38.1 Å². The van der Waals surface area contributed by atoms with Crippen molar-refractivity contribution in [3.05, 3.63) is 32.8 Å². The molecule has 0 amide bonds. The van der Waals surface area contributed by atoms with Crippen LogP contribution in [0.2, 0.25) is 5.02 Å². The number of nitriles is 1. The molecular weight excluding hydrogens is 328 g/mol. The molecular formula is C17H21ClN4O2. The van der Waals surface area contributed by atoms with Crippen molar-refractivity contribution < 1.29 is 4.92 Å². The van der Waals surface area contributed by atoms with Crippen LogP contribution in [0.4, 0.5) is 11.4 Å². The SMILES string of the molecule is CN1CCC2(CC1)CCN(c1c(Cl)cc([N+](=O)[O-])cc1C#N)CC2. The van der Waals surface area contributed by atoms with Crippen molar-refractivity contribution >= 4 is 23.0 Å². The summed E-state index contributed by atoms with van der Waals surface area (Å²) in [5, 5.41) is 20.6. The predicted molar refractivity (Wildman–Crippen MR) is 93.4 cm³/mol. The molecule has 0 aliphatic carbocycles. The number of benzene rings is 1. The average molecular weight is 349 g/mol. The molecule has 2 saturated heterocycles. The zero-order valence-corrected chi connectivity index (χ0v) is 14.6. The van der Waals surface area contributed by atoms with E-state index in [-0.39, 0.29) is 11.3 Å². The van der Waals surface area contributed by atoms with Crippen LogP contribution in [0, 0.1) is 26.9 Å². The lowest BCUT2D eigenvalue weighted by Crippen LogP contribution is -2.46. The maximum atomic E-state index is 11.0. The largest absolute Gasteiger partial charge is 0.369 e. The monoisotopic (exact) mass is 348 g/mol. The Bertz CT molecular complexity index is 683. The zero-order chi connectivity index (χ0) is 17.3. The fourth-order valence-corrected chi connectivity index (χ4v) is 4.23. The van der Waals surface area contributed by atoms with Crippen molar-refractivity contribution in [1.29, 1.82) is 5.26 Å². The first-order chi connectivity index (χ1) is 11.4. The second kappa shape index (κ2) is 6.58. The van der Waals surface area contributed by atoms with Crippen LogP contribution in [0.5, 0.6) is 0 Å². The minimum absolute atomic E-state index is 0.135. The number of anilines is 1. The van der Waals surface area contributed by atoms with E-state index < -0.39 is 4.92 Å². The standard InChI is InChI=1S/C17H21ClN4O2/c1-20-6-2-17(3-7-20)4-8-21(9-5-17)16-13(12-19)10-14(22(23)24)11-15(16)18/h10-11H,2-9H2,1H3. The molecule has 128 valence electrons. The van der Waals surface area contributed by atoms with Crippen LogP contribution >= 0.6 is 11.6 Å². The number of nitrogens with zero attached hydrogens (tertiary/aromatic N) is 4. The normalized spacial score (nSPS) is 20.8. The topological polar surface area (TPSA) is 73.4 Å². The number of rotatable bonds is 2. The van der Waals surface area contributed by atoms with Gasteiger partial charge in [0.2, 0.25) is 0 Å². The lowest BCUT2D eigenvalue weighted by Gasteiger charge is -2.47. The molecule has 24 heavy (non-hydrogen) atoms. The molecule has 1 aromatic carbocycles. The van der Waals surface area contributed by atoms with Gasteiger partial charge < -0.3 is 9.80 Å². The van der Waals surface area contributed by atoms with Gasteiger partial charge >= 0.3 is 0 Å². The molecule has 0 bridgehead atoms. The van der Waals surface area contributed by atoms with E-state index in [9.17, 15) is 15.4 Å². The van der Waals surface area contributed by atoms with Gasteiger partial charge in [-0.25, -0.2) is 0 Å². The Morgan fingerprint density at radius 2 is 1.79 bits per heavy atom. The van der Waals surface area contributed by atoms with Gasteiger partial charge in [0, 0.05) is 25.2 Å². The Labute approximate surface area is 146 Å². The number of halogens is 1. The third-order valence-corrected chi connectivity index (χ3v) is 5.86. The lowest BCUT2D eigenvalue weighted by atomic mass is 9.71. The van der Waals surface area contributed by atoms with Crippen LogP contribution in [-0.4, -0.2) is 43.0 Å². The number of hydrogen-bond acceptors (Lipinski definition) is 5. The van der Waals surface area contributed by atoms with Gasteiger partial charge in [-0.2, -0.15) is 5.26 Å². The molecule has 7 heteroatoms. The summed E-state index contributed by atoms with van der Waals surface area (Å²) in [6, 6.07) is 4.73. The first kappa shape index (κ1) is 17.0. The van der Waals surface area contributed by atoms with E-state index >= 15 is 0 Å². The number of non-ortho nitro benzene ring substituents is 1. The van der Waals surface area contributed by atoms with Crippen LogP contribution in [0.1, 0.15) is 31.2 Å². The molecule has 1 aromatic rings. The van der Waals surface area contributed by atoms with E-state index in [2.05, 4.69) is 22.9 Å². The Kier molecular flexibility index (Phi) is 4.66. The van der Waals surface area contributed by atoms with Gasteiger partial charge in [0.05, 0.1) is 21.2 Å². The number of piperidine rings is 2. The molecule has 3 rings (SSSR count). The van der Waals surface area contributed by atoms with Crippen molar-refractivity contribution in [2.45, 2.75) is 25.7 Å². The Balaban J connectivity index is 1.79. The Hall–Kier alpha value is -1.84. The summed E-state index contributed by atoms with van der Waals surface area (Å²) < 4.78 is 0. The van der Waals surface area contributed by atoms with Crippen LogP contribution in [0.3, 0.4) is 0 Å². The number of likely N-dealkylation sites (tertiary alicyclic amines) is 1. The van der Waals surface area contributed by atoms with Crippen LogP contribution in [0.25, 0.3) is 0 Å². The highest BCUT2D eigenvalue weighted by molar-refractivity contribution is 6.33. The minimum Gasteiger partial charge on any atom is -0.369 e. The highest BCUT2D eigenvalue weighted by atomic mass is 35.5. The first-order valence-corrected chi connectivity index (χ1v) is 8.63. The molecule has 2 heterocycles. The summed E-state index contributed by atoms with van der Waals surface area (Å²) in [6.45, 7) is 3.97. The minimum atomic E-state index is -0.514. The number of hydrogen-bond donors (Lipinski definition) is 0. The van der Waals surface area contributed by atoms with E-state index in [1.807, 2.05) is 0 Å². The molecule has 0 N–H and O–H groups in total. The van der Waals surface area contributed by atoms with Gasteiger partial charge in [0.15, 0.2) is 0 Å². The molecule has 1 spiro atoms. The van der Waals surface area contributed by atoms with Gasteiger partial charge in [0.1, 0.15) is 6.07 Å². The summed E-state index contributed by atoms with van der Waals surface area (Å²) in [5.41, 5.74) is 1.20. The summed E-state index contributed by atoms with van der Waals surface area (Å²) in [5.74, 6) is 0. The molecule has 0 radical (unpaired) electrons. The second-order valence-electron chi connectivity index (χ2n) is 6.98. The van der Waals surface area contributed by atoms with Crippen LogP contribution in [0.15, 0.2) is 12.1 Å². The highest BCUT2D eigenvalue weighted by Crippen LogP contribution is 2.44. The maximum Gasteiger partial charge on any atom is 0.272 e. The van der Waals surface area contributed by atoms with Gasteiger partial charge in [-0.1, -0.05) is 11.6 Å². The molecule has 0 unspecified atom stereocenters. The number of nitro benzene ring substituents is 1. The quantitative estimate of drug-likeness (QED) is 0.604. The van der Waals surface area contributed by atoms with Crippen molar-refractivity contribution in [2.24, 2.45) is 5.41 Å². The zero-order valence-electron chi connectivity index (χ0n) is 13.8. The molecule has 2 aliphatic heterocycles. The molecule has 0 aromatic heterocycles. The lowest BCUT2D eigenvalue weighted by molar-refractivity contribution is -0.384. The summed E-state index contributed by atoms with van der Waals surface area (Å²) in [6.07, 6.45) is 4.60. The average Bonchev–Trinajstić information content (AvgIpc) is 2.58. The molecule has 0 atom stereocenters. The fraction of sp³-hybridized carbons (Fsp3) is 0.588. The molecule has 6 nitrogen and oxygen atoms in total. The first-order valence-electron chi connectivity index (χ1n) is 8.26. The van der Waals surface area contributed by atoms with Gasteiger partial charge in [-0.05, 0) is 51.2 Å². The van der Waals surface area contributed by atoms with Crippen molar-refractivity contribution in [3.63, 3.8) is 0 Å². The van der Waals surface area contributed by atoms with E-state index in [0.717, 1.165) is 39.0 Å². The van der Waals surface area contributed by atoms with E-state index in [1.54, 1.807) is 0 Å². The summed E-state index contributed by atoms with van der Waals surface area (Å²) in [4.78, 5) is 14.9. The highest BCUT2D eigenvalue weighted by Gasteiger charge is 2.37. The van der Waals surface area contributed by atoms with Gasteiger partial charge in [-0.3, -0.25) is 10.1 Å². The van der Waals surface area contributed by atoms with E-state index in [1.165, 1.54) is 25.0 Å². The van der Waals surface area contributed by atoms with E-state index in [0.29, 0.717) is 16.1 Å². The van der Waals surface area contributed by atoms with Crippen molar-refractivity contribution in [1.82, 2.24) is 4.90 Å². The fourth-order valence-electron chi connectivity index (χ4n) is 3.89. The van der Waals surface area contributed by atoms with Crippen molar-refractivity contribution in [3.8, 4) is 6.07 Å². The maximum absolute atomic E-state index is 11.0.